The molecular formula is C14H22N2O4S. The number of rotatable bonds is 7. The monoisotopic (exact) mass is 314 g/mol. The molecule has 0 aliphatic heterocycles. The van der Waals surface area contributed by atoms with Gasteiger partial charge in [-0.25, -0.2) is 13.1 Å². The number of carbonyl (C=O) groups excluding carboxylic acids is 1. The third-order valence-corrected chi connectivity index (χ3v) is 4.46. The van der Waals surface area contributed by atoms with Crippen LogP contribution in [0.25, 0.3) is 0 Å². The van der Waals surface area contributed by atoms with Gasteiger partial charge in [-0.3, -0.25) is 4.79 Å². The molecule has 6 nitrogen and oxygen atoms in total. The molecule has 1 aromatic rings. The van der Waals surface area contributed by atoms with Crippen LogP contribution < -0.4 is 14.8 Å². The SMILES string of the molecule is CCC[C@@H](C)NS(=O)(=O)c1ccc(OC)c(NC(C)=O)c1. The number of benzene rings is 1. The Bertz CT molecular complexity index is 599. The molecule has 0 heterocycles. The maximum atomic E-state index is 12.3. The van der Waals surface area contributed by atoms with E-state index in [1.54, 1.807) is 0 Å². The van der Waals surface area contributed by atoms with Crippen LogP contribution in [0, 0.1) is 0 Å². The summed E-state index contributed by atoms with van der Waals surface area (Å²) >= 11 is 0. The van der Waals surface area contributed by atoms with Crippen molar-refractivity contribution in [3.63, 3.8) is 0 Å². The molecule has 0 saturated carbocycles. The molecule has 0 bridgehead atoms. The second-order valence-electron chi connectivity index (χ2n) is 4.85. The van der Waals surface area contributed by atoms with E-state index in [1.807, 2.05) is 13.8 Å². The van der Waals surface area contributed by atoms with Crippen molar-refractivity contribution in [2.24, 2.45) is 0 Å². The Hall–Kier alpha value is -1.60. The van der Waals surface area contributed by atoms with Gasteiger partial charge >= 0.3 is 0 Å². The maximum absolute atomic E-state index is 12.3. The summed E-state index contributed by atoms with van der Waals surface area (Å²) in [5.41, 5.74) is 0.330. The molecule has 0 spiro atoms. The summed E-state index contributed by atoms with van der Waals surface area (Å²) in [6, 6.07) is 4.21. The number of anilines is 1. The van der Waals surface area contributed by atoms with Gasteiger partial charge in [0.25, 0.3) is 0 Å². The van der Waals surface area contributed by atoms with E-state index < -0.39 is 10.0 Å². The first-order valence-electron chi connectivity index (χ1n) is 6.78. The van der Waals surface area contributed by atoms with Crippen LogP contribution in [0.4, 0.5) is 5.69 Å². The number of methoxy groups -OCH3 is 1. The largest absolute Gasteiger partial charge is 0.495 e. The van der Waals surface area contributed by atoms with Crippen molar-refractivity contribution in [3.05, 3.63) is 18.2 Å². The van der Waals surface area contributed by atoms with Gasteiger partial charge in [-0.05, 0) is 31.5 Å². The molecule has 1 atom stereocenters. The minimum atomic E-state index is -3.62. The molecule has 1 amide bonds. The Morgan fingerprint density at radius 1 is 1.38 bits per heavy atom. The number of nitrogens with one attached hydrogen (secondary N) is 2. The van der Waals surface area contributed by atoms with E-state index in [0.717, 1.165) is 12.8 Å². The van der Waals surface area contributed by atoms with Crippen LogP contribution in [0.5, 0.6) is 5.75 Å². The van der Waals surface area contributed by atoms with Gasteiger partial charge in [0.15, 0.2) is 0 Å². The van der Waals surface area contributed by atoms with Crippen molar-refractivity contribution >= 4 is 21.6 Å². The summed E-state index contributed by atoms with van der Waals surface area (Å²) in [4.78, 5) is 11.3. The predicted octanol–water partition coefficient (Wildman–Crippen LogP) is 2.12. The first-order valence-corrected chi connectivity index (χ1v) is 8.26. The fourth-order valence-electron chi connectivity index (χ4n) is 1.97. The van der Waals surface area contributed by atoms with Crippen LogP contribution in [0.1, 0.15) is 33.6 Å². The molecule has 21 heavy (non-hydrogen) atoms. The average molecular weight is 314 g/mol. The number of hydrogen-bond donors (Lipinski definition) is 2. The van der Waals surface area contributed by atoms with Crippen LogP contribution in [0.2, 0.25) is 0 Å². The third-order valence-electron chi connectivity index (χ3n) is 2.87. The van der Waals surface area contributed by atoms with Gasteiger partial charge in [0, 0.05) is 13.0 Å². The number of sulfonamides is 1. The highest BCUT2D eigenvalue weighted by atomic mass is 32.2. The van der Waals surface area contributed by atoms with E-state index in [9.17, 15) is 13.2 Å². The molecule has 0 saturated heterocycles. The topological polar surface area (TPSA) is 84.5 Å². The number of amides is 1. The zero-order valence-corrected chi connectivity index (χ0v) is 13.6. The first kappa shape index (κ1) is 17.5. The highest BCUT2D eigenvalue weighted by molar-refractivity contribution is 7.89. The van der Waals surface area contributed by atoms with Crippen molar-refractivity contribution in [1.29, 1.82) is 0 Å². The zero-order chi connectivity index (χ0) is 16.0. The minimum Gasteiger partial charge on any atom is -0.495 e. The summed E-state index contributed by atoms with van der Waals surface area (Å²) in [7, 11) is -2.17. The predicted molar refractivity (Wildman–Crippen MR) is 82.0 cm³/mol. The lowest BCUT2D eigenvalue weighted by atomic mass is 10.2. The van der Waals surface area contributed by atoms with E-state index in [1.165, 1.54) is 32.2 Å². The van der Waals surface area contributed by atoms with Crippen molar-refractivity contribution in [2.45, 2.75) is 44.6 Å². The maximum Gasteiger partial charge on any atom is 0.240 e. The van der Waals surface area contributed by atoms with Crippen LogP contribution in [-0.2, 0) is 14.8 Å². The zero-order valence-electron chi connectivity index (χ0n) is 12.8. The van der Waals surface area contributed by atoms with Crippen LogP contribution in [0.3, 0.4) is 0 Å². The molecule has 0 aromatic heterocycles. The lowest BCUT2D eigenvalue weighted by Gasteiger charge is -2.15. The van der Waals surface area contributed by atoms with Crippen molar-refractivity contribution in [3.8, 4) is 5.75 Å². The first-order chi connectivity index (χ1) is 9.80. The van der Waals surface area contributed by atoms with Crippen LogP contribution in [0.15, 0.2) is 23.1 Å². The third kappa shape index (κ3) is 5.02. The summed E-state index contributed by atoms with van der Waals surface area (Å²) in [5.74, 6) is 0.112. The summed E-state index contributed by atoms with van der Waals surface area (Å²) in [5, 5.41) is 2.56. The Kier molecular flexibility index (Phi) is 6.17. The second-order valence-corrected chi connectivity index (χ2v) is 6.57. The van der Waals surface area contributed by atoms with Crippen molar-refractivity contribution < 1.29 is 17.9 Å². The van der Waals surface area contributed by atoms with Gasteiger partial charge in [0.1, 0.15) is 5.75 Å². The highest BCUT2D eigenvalue weighted by Crippen LogP contribution is 2.27. The molecule has 1 aromatic carbocycles. The van der Waals surface area contributed by atoms with Crippen LogP contribution in [-0.4, -0.2) is 27.5 Å². The van der Waals surface area contributed by atoms with Crippen LogP contribution >= 0.6 is 0 Å². The fraction of sp³-hybridized carbons (Fsp3) is 0.500. The van der Waals surface area contributed by atoms with E-state index in [0.29, 0.717) is 11.4 Å². The fourth-order valence-corrected chi connectivity index (χ4v) is 3.27. The van der Waals surface area contributed by atoms with Gasteiger partial charge in [-0.15, -0.1) is 0 Å². The van der Waals surface area contributed by atoms with E-state index in [-0.39, 0.29) is 16.8 Å². The Balaban J connectivity index is 3.09. The Morgan fingerprint density at radius 2 is 2.05 bits per heavy atom. The lowest BCUT2D eigenvalue weighted by molar-refractivity contribution is -0.114. The van der Waals surface area contributed by atoms with E-state index in [2.05, 4.69) is 10.0 Å². The summed E-state index contributed by atoms with van der Waals surface area (Å²) in [6.45, 7) is 5.16. The smallest absolute Gasteiger partial charge is 0.240 e. The van der Waals surface area contributed by atoms with Gasteiger partial charge in [-0.2, -0.15) is 0 Å². The van der Waals surface area contributed by atoms with Gasteiger partial charge in [0.05, 0.1) is 17.7 Å². The normalized spacial score (nSPS) is 12.8. The molecule has 0 radical (unpaired) electrons. The van der Waals surface area contributed by atoms with E-state index >= 15 is 0 Å². The second kappa shape index (κ2) is 7.42. The molecule has 2 N–H and O–H groups in total. The van der Waals surface area contributed by atoms with E-state index in [4.69, 9.17) is 4.74 Å². The summed E-state index contributed by atoms with van der Waals surface area (Å²) in [6.07, 6.45) is 1.65. The lowest BCUT2D eigenvalue weighted by Crippen LogP contribution is -2.32. The van der Waals surface area contributed by atoms with Gasteiger partial charge in [-0.1, -0.05) is 13.3 Å². The highest BCUT2D eigenvalue weighted by Gasteiger charge is 2.19. The summed E-state index contributed by atoms with van der Waals surface area (Å²) < 4.78 is 32.3. The average Bonchev–Trinajstić information content (AvgIpc) is 2.37. The molecule has 0 fully saturated rings. The molecule has 0 aliphatic carbocycles. The standard InChI is InChI=1S/C14H22N2O4S/c1-5-6-10(2)16-21(18,19)12-7-8-14(20-4)13(9-12)15-11(3)17/h7-10,16H,5-6H2,1-4H3,(H,15,17)/t10-/m1/s1. The molecular weight excluding hydrogens is 292 g/mol. The van der Waals surface area contributed by atoms with Crippen molar-refractivity contribution in [1.82, 2.24) is 4.72 Å². The molecule has 118 valence electrons. The molecule has 0 unspecified atom stereocenters. The number of ether oxygens (including phenoxy) is 1. The number of carbonyl (C=O) groups is 1. The molecule has 7 heteroatoms. The Morgan fingerprint density at radius 3 is 2.57 bits per heavy atom. The van der Waals surface area contributed by atoms with Gasteiger partial charge in [0.2, 0.25) is 15.9 Å². The van der Waals surface area contributed by atoms with Gasteiger partial charge < -0.3 is 10.1 Å². The quantitative estimate of drug-likeness (QED) is 0.807. The molecule has 1 rings (SSSR count). The minimum absolute atomic E-state index is 0.0926. The molecule has 0 aliphatic rings. The number of hydrogen-bond acceptors (Lipinski definition) is 4. The van der Waals surface area contributed by atoms with Crippen molar-refractivity contribution in [2.75, 3.05) is 12.4 Å². The Labute approximate surface area is 125 Å².